The molecular formula is C63H74N8NaO8S2-. The van der Waals surface area contributed by atoms with E-state index in [4.69, 9.17) is 15.0 Å². The molecule has 16 nitrogen and oxygen atoms in total. The second-order valence-electron chi connectivity index (χ2n) is 23.5. The molecule has 6 aromatic rings. The summed E-state index contributed by atoms with van der Waals surface area (Å²) in [4.78, 5) is 49.5. The fourth-order valence-electron chi connectivity index (χ4n) is 12.1. The predicted octanol–water partition coefficient (Wildman–Crippen LogP) is 10.3. The normalized spacial score (nSPS) is 26.6. The number of hydrogen-bond donors (Lipinski definition) is 0. The van der Waals surface area contributed by atoms with E-state index in [0.717, 1.165) is 33.4 Å². The fourth-order valence-corrected chi connectivity index (χ4v) is 13.9. The van der Waals surface area contributed by atoms with Crippen LogP contribution < -0.4 is 39.0 Å². The molecule has 2 spiro atoms. The summed E-state index contributed by atoms with van der Waals surface area (Å²) >= 11 is 0. The topological polar surface area (TPSA) is 207 Å². The zero-order valence-electron chi connectivity index (χ0n) is 51.4. The van der Waals surface area contributed by atoms with Gasteiger partial charge in [-0.25, -0.2) is 16.8 Å². The first-order valence-corrected chi connectivity index (χ1v) is 30.4. The van der Waals surface area contributed by atoms with Crippen molar-refractivity contribution in [2.45, 2.75) is 161 Å². The maximum Gasteiger partial charge on any atom is 1.00 e. The van der Waals surface area contributed by atoms with E-state index in [9.17, 15) is 26.4 Å². The molecular weight excluding hydrogens is 1080 g/mol. The number of hydrogen-bond acceptors (Lipinski definition) is 12. The maximum atomic E-state index is 14.2. The monoisotopic (exact) mass is 1160 g/mol. The molecule has 4 heterocycles. The minimum Gasteiger partial charge on any atom is -0.488 e. The Bertz CT molecular complexity index is 3560. The largest absolute Gasteiger partial charge is 1.00 e. The SMILES string of the molecule is C.[2H]C1([2H])CC12CC(N1C(=O)c3cccc(c3)S(=O)(=O)[N-]c3nc(cc(-c4c(C)cccc4C)n3)OC[C@H]1CC(C)C)C2.[2H]C1([2H])CC12CC(N1C(=O)c3cccc(c3)S(=O)(=O)[N-]c3nc(cc(-c4c(C)cccc4C)n3)OC[C@H]1CC(C)C)C2.[Na+]. The number of sulfonamides is 2. The molecule has 0 unspecified atom stereocenters. The third-order valence-electron chi connectivity index (χ3n) is 16.3. The molecule has 2 aromatic heterocycles. The molecule has 19 heteroatoms. The van der Waals surface area contributed by atoms with Crippen molar-refractivity contribution >= 4 is 43.8 Å². The van der Waals surface area contributed by atoms with Gasteiger partial charge in [-0.15, -0.1) is 0 Å². The van der Waals surface area contributed by atoms with Gasteiger partial charge in [0.25, 0.3) is 11.8 Å². The summed E-state index contributed by atoms with van der Waals surface area (Å²) in [6.07, 6.45) is 2.16. The van der Waals surface area contributed by atoms with Gasteiger partial charge in [-0.1, -0.05) is 83.7 Å². The minimum atomic E-state index is -4.26. The molecule has 4 aliphatic carbocycles. The minimum absolute atomic E-state index is 0. The van der Waals surface area contributed by atoms with Crippen LogP contribution in [0.15, 0.2) is 107 Å². The van der Waals surface area contributed by atoms with Gasteiger partial charge in [-0.3, -0.25) is 19.0 Å². The van der Waals surface area contributed by atoms with Crippen molar-refractivity contribution in [3.63, 3.8) is 0 Å². The van der Waals surface area contributed by atoms with Gasteiger partial charge in [-0.2, -0.15) is 0 Å². The number of carbonyl (C=O) groups excluding carboxylic acids is 2. The van der Waals surface area contributed by atoms with E-state index in [2.05, 4.69) is 57.1 Å². The van der Waals surface area contributed by atoms with Gasteiger partial charge in [0.1, 0.15) is 25.0 Å². The van der Waals surface area contributed by atoms with E-state index in [1.165, 1.54) is 24.3 Å². The second-order valence-corrected chi connectivity index (χ2v) is 26.7. The van der Waals surface area contributed by atoms with Gasteiger partial charge >= 0.3 is 29.6 Å². The molecule has 0 radical (unpaired) electrons. The standard InChI is InChI=1S/2C31H35N4O4S.CH4.Na/c2*1-19(2)13-23-18-39-27-15-26(28-20(3)7-5-8-21(28)4)32-30(33-27)34-40(37,38)25-10-6-9-22(14-25)29(36)35(23)24-16-31(17-24)11-12-31;;/h2*5-10,14-15,19,23-24H,11-13,16-18H2,1-4H3;1H4;/q2*-1;;+1/t2*23-;;/m11../s1/i2*11D2;;/t2*23-,24?,31?;;. The number of aryl methyl sites for hydroxylation is 4. The molecule has 82 heavy (non-hydrogen) atoms. The predicted molar refractivity (Wildman–Crippen MR) is 313 cm³/mol. The number of amides is 2. The molecule has 0 N–H and O–H groups in total. The van der Waals surface area contributed by atoms with Gasteiger partial charge in [0.15, 0.2) is 0 Å². The van der Waals surface area contributed by atoms with Crippen molar-refractivity contribution < 1.29 is 70.9 Å². The van der Waals surface area contributed by atoms with Crippen LogP contribution in [0.3, 0.4) is 0 Å². The Morgan fingerprint density at radius 2 is 0.915 bits per heavy atom. The van der Waals surface area contributed by atoms with Crippen LogP contribution in [0.2, 0.25) is 0 Å². The summed E-state index contributed by atoms with van der Waals surface area (Å²) in [5, 5.41) is 0. The van der Waals surface area contributed by atoms with Gasteiger partial charge < -0.3 is 39.2 Å². The fraction of sp³-hybridized carbons (Fsp3) is 0.460. The number of nitrogens with zero attached hydrogens (tertiary/aromatic N) is 8. The quantitative estimate of drug-likeness (QED) is 0.131. The average Bonchev–Trinajstić information content (AvgIpc) is 1.54. The summed E-state index contributed by atoms with van der Waals surface area (Å²) in [6, 6.07) is 25.9. The van der Waals surface area contributed by atoms with Crippen LogP contribution in [0.1, 0.15) is 148 Å². The number of rotatable bonds is 8. The molecule has 2 aliphatic heterocycles. The zero-order chi connectivity index (χ0) is 60.1. The van der Waals surface area contributed by atoms with E-state index in [1.54, 1.807) is 36.4 Å². The summed E-state index contributed by atoms with van der Waals surface area (Å²) < 4.78 is 107. The Morgan fingerprint density at radius 1 is 0.573 bits per heavy atom. The number of fused-ring (bicyclic) bond motifs is 8. The van der Waals surface area contributed by atoms with E-state index in [1.807, 2.05) is 73.9 Å². The van der Waals surface area contributed by atoms with E-state index < -0.39 is 32.8 Å². The van der Waals surface area contributed by atoms with Crippen molar-refractivity contribution in [3.8, 4) is 34.3 Å². The number of benzene rings is 4. The first-order chi connectivity index (χ1) is 39.6. The third kappa shape index (κ3) is 12.8. The third-order valence-corrected chi connectivity index (χ3v) is 18.8. The maximum absolute atomic E-state index is 14.2. The van der Waals surface area contributed by atoms with E-state index >= 15 is 0 Å². The van der Waals surface area contributed by atoms with Crippen molar-refractivity contribution in [2.24, 2.45) is 22.7 Å². The average molecular weight is 1160 g/mol. The Kier molecular flexibility index (Phi) is 15.9. The summed E-state index contributed by atoms with van der Waals surface area (Å²) in [7, 11) is -8.53. The van der Waals surface area contributed by atoms with Gasteiger partial charge in [-0.05, 0) is 196 Å². The molecule has 428 valence electrons. The molecule has 4 fully saturated rings. The number of carbonyl (C=O) groups is 2. The van der Waals surface area contributed by atoms with E-state index in [-0.39, 0.29) is 153 Å². The van der Waals surface area contributed by atoms with Crippen LogP contribution in [0.4, 0.5) is 11.9 Å². The van der Waals surface area contributed by atoms with Gasteiger partial charge in [0, 0.05) is 52.0 Å². The summed E-state index contributed by atoms with van der Waals surface area (Å²) in [5.74, 6) is -0.255. The van der Waals surface area contributed by atoms with Crippen LogP contribution in [-0.4, -0.2) is 95.8 Å². The van der Waals surface area contributed by atoms with Crippen molar-refractivity contribution in [1.29, 1.82) is 0 Å². The van der Waals surface area contributed by atoms with Crippen LogP contribution in [0.5, 0.6) is 11.8 Å². The summed E-state index contributed by atoms with van der Waals surface area (Å²) in [5.41, 5.74) is 6.27. The zero-order valence-corrected chi connectivity index (χ0v) is 51.1. The molecule has 8 bridgehead atoms. The second kappa shape index (κ2) is 23.6. The molecule has 2 atom stereocenters. The van der Waals surface area contributed by atoms with Crippen LogP contribution >= 0.6 is 0 Å². The van der Waals surface area contributed by atoms with Crippen molar-refractivity contribution in [3.05, 3.63) is 140 Å². The molecule has 6 aliphatic rings. The Labute approximate surface area is 512 Å². The molecule has 2 amide bonds. The van der Waals surface area contributed by atoms with Crippen molar-refractivity contribution in [2.75, 3.05) is 13.2 Å². The first kappa shape index (κ1) is 55.3. The van der Waals surface area contributed by atoms with Crippen LogP contribution in [0, 0.1) is 50.4 Å². The van der Waals surface area contributed by atoms with Crippen LogP contribution in [-0.2, 0) is 20.0 Å². The van der Waals surface area contributed by atoms with Crippen LogP contribution in [0.25, 0.3) is 32.0 Å². The van der Waals surface area contributed by atoms with Crippen molar-refractivity contribution in [1.82, 2.24) is 29.7 Å². The first-order valence-electron chi connectivity index (χ1n) is 29.6. The van der Waals surface area contributed by atoms with Gasteiger partial charge in [0.05, 0.1) is 21.9 Å². The smallest absolute Gasteiger partial charge is 0.488 e. The number of ether oxygens (including phenoxy) is 2. The molecule has 12 rings (SSSR count). The Morgan fingerprint density at radius 3 is 1.24 bits per heavy atom. The molecule has 4 saturated carbocycles. The van der Waals surface area contributed by atoms with E-state index in [0.29, 0.717) is 62.8 Å². The number of aromatic nitrogens is 4. The Balaban J connectivity index is 0.000000201. The summed E-state index contributed by atoms with van der Waals surface area (Å²) in [6.45, 7) is 16.4. The van der Waals surface area contributed by atoms with Gasteiger partial charge in [0.2, 0.25) is 20.0 Å². The molecule has 4 aromatic carbocycles. The molecule has 0 saturated heterocycles. The Hall–Kier alpha value is -5.92.